The Labute approximate surface area is 425 Å². The molecule has 7 N–H and O–H groups in total. The number of hydrogen-bond acceptors (Lipinski definition) is 22. The largest absolute Gasteiger partial charge is 0.507 e. The van der Waals surface area contributed by atoms with E-state index < -0.39 is 56.6 Å². The van der Waals surface area contributed by atoms with Gasteiger partial charge in [-0.1, -0.05) is 74.2 Å². The molecule has 2 aliphatic rings. The second-order valence-electron chi connectivity index (χ2n) is 12.3. The lowest BCUT2D eigenvalue weighted by Crippen LogP contribution is -2.20. The zero-order valence-corrected chi connectivity index (χ0v) is 41.0. The highest BCUT2D eigenvalue weighted by molar-refractivity contribution is 8.26. The highest BCUT2D eigenvalue weighted by Crippen LogP contribution is 2.59. The number of carbonyl (C=O) groups is 7. The second-order valence-corrected chi connectivity index (χ2v) is 19.4. The average molecular weight is 1110 g/mol. The molecule has 0 saturated heterocycles. The Hall–Kier alpha value is -5.28. The number of rotatable bonds is 21. The Bertz CT molecular complexity index is 2140. The van der Waals surface area contributed by atoms with Crippen molar-refractivity contribution in [3.63, 3.8) is 0 Å². The second kappa shape index (κ2) is 34.9. The van der Waals surface area contributed by atoms with Crippen molar-refractivity contribution in [1.29, 1.82) is 0 Å². The fraction of sp³-hybridized carbons (Fsp3) is 0.310. The van der Waals surface area contributed by atoms with Crippen molar-refractivity contribution in [3.05, 3.63) is 81.9 Å². The van der Waals surface area contributed by atoms with Gasteiger partial charge in [0.25, 0.3) is 0 Å². The Kier molecular flexibility index (Phi) is 32.2. The number of unbranched alkanes of at least 4 members (excludes halogenated alkanes) is 3. The minimum Gasteiger partial charge on any atom is -0.507 e. The number of carboxylic acids is 2. The predicted molar refractivity (Wildman–Crippen MR) is 261 cm³/mol. The van der Waals surface area contributed by atoms with Gasteiger partial charge in [-0.3, -0.25) is 0 Å². The maximum Gasteiger partial charge on any atom is 0.347 e. The molecule has 0 saturated carbocycles. The van der Waals surface area contributed by atoms with Crippen LogP contribution in [-0.2, 0) is 66.5 Å². The van der Waals surface area contributed by atoms with Crippen molar-refractivity contribution in [2.24, 2.45) is 0 Å². The molecule has 20 nitrogen and oxygen atoms in total. The molecular formula is C42H50Cl2O20S5. The molecular weight excluding hydrogens is 1060 g/mol. The summed E-state index contributed by atoms with van der Waals surface area (Å²) in [6, 6.07) is 5.12. The van der Waals surface area contributed by atoms with Gasteiger partial charge in [0.15, 0.2) is 11.1 Å². The van der Waals surface area contributed by atoms with E-state index in [0.29, 0.717) is 54.9 Å². The van der Waals surface area contributed by atoms with Crippen LogP contribution in [0.1, 0.15) is 47.4 Å². The van der Waals surface area contributed by atoms with Crippen molar-refractivity contribution in [3.8, 4) is 23.0 Å². The van der Waals surface area contributed by atoms with Crippen LogP contribution >= 0.6 is 68.4 Å². The quantitative estimate of drug-likeness (QED) is 0.00920. The molecule has 0 radical (unpaired) electrons. The molecule has 27 heteroatoms. The molecule has 0 aliphatic carbocycles. The number of aliphatic hydroxyl groups is 1. The average Bonchev–Trinajstić information content (AvgIpc) is 3.94. The number of phenolic OH excluding ortho intramolecular Hbond substituents is 4. The van der Waals surface area contributed by atoms with Gasteiger partial charge >= 0.3 is 41.8 Å². The molecule has 2 aromatic rings. The van der Waals surface area contributed by atoms with Crippen molar-refractivity contribution >= 4 is 119 Å². The summed E-state index contributed by atoms with van der Waals surface area (Å²) in [7, 11) is 7.36. The number of benzene rings is 2. The summed E-state index contributed by atoms with van der Waals surface area (Å²) in [6.45, 7) is 10.5. The van der Waals surface area contributed by atoms with E-state index in [1.165, 1.54) is 24.3 Å². The molecule has 0 fully saturated rings. The number of phenols is 4. The van der Waals surface area contributed by atoms with E-state index in [-0.39, 0.29) is 88.7 Å². The molecule has 0 spiro atoms. The third kappa shape index (κ3) is 23.7. The van der Waals surface area contributed by atoms with Gasteiger partial charge < -0.3 is 59.4 Å². The summed E-state index contributed by atoms with van der Waals surface area (Å²) in [5, 5.41) is 65.4. The molecule has 0 amide bonds. The van der Waals surface area contributed by atoms with Crippen LogP contribution in [0.4, 0.5) is 0 Å². The standard InChI is InChI=1S/C24H26O10S2.C10H6O6S2.C7H12O3.CH4.Cl2OS.H2/c1-3-17(27)31-11-5-7-13-33-22(29)19(23(30)34-14-8-6-12-32-18(28)4-2)24-35-20-15(25)9-10-16(26)21(20)36-24;11-3-1-2-4(12)7-6(3)17-10(18-7)5(8(13)14)9(15)16;1-2-7(9)10-6-4-3-5-8;;1-4(2)3;/h3-4,9-10,25-26H,1-2,5-8,11-14H2;1-2,11-12H,(H,13,14)(H,15,16);2,8H,1,3-6H2;1H4;;1H/i;;;;;1+1. The lowest BCUT2D eigenvalue weighted by molar-refractivity contribution is -0.148. The number of ether oxygens (including phenoxy) is 5. The van der Waals surface area contributed by atoms with Crippen LogP contribution in [0.5, 0.6) is 23.0 Å². The first-order valence-electron chi connectivity index (χ1n) is 19.1. The Morgan fingerprint density at radius 2 is 0.768 bits per heavy atom. The fourth-order valence-corrected chi connectivity index (χ4v) is 9.55. The van der Waals surface area contributed by atoms with Gasteiger partial charge in [0.05, 0.1) is 61.1 Å². The van der Waals surface area contributed by atoms with E-state index in [1.807, 2.05) is 0 Å². The highest BCUT2D eigenvalue weighted by Gasteiger charge is 2.35. The minimum atomic E-state index is -1.67. The van der Waals surface area contributed by atoms with Crippen LogP contribution in [0.2, 0.25) is 0 Å². The van der Waals surface area contributed by atoms with Crippen LogP contribution in [-0.4, -0.2) is 121 Å². The van der Waals surface area contributed by atoms with Gasteiger partial charge in [-0.15, -0.1) is 0 Å². The maximum absolute atomic E-state index is 12.8. The number of carbonyl (C=O) groups excluding carboxylic acids is 5. The van der Waals surface area contributed by atoms with Gasteiger partial charge in [0.1, 0.15) is 23.0 Å². The van der Waals surface area contributed by atoms with Crippen LogP contribution in [0.3, 0.4) is 0 Å². The van der Waals surface area contributed by atoms with Crippen LogP contribution in [0, 0.1) is 0 Å². The number of aromatic hydroxyl groups is 4. The summed E-state index contributed by atoms with van der Waals surface area (Å²) < 4.78 is 34.1. The van der Waals surface area contributed by atoms with Gasteiger partial charge in [-0.05, 0) is 62.8 Å². The molecule has 382 valence electrons. The van der Waals surface area contributed by atoms with Crippen LogP contribution < -0.4 is 0 Å². The highest BCUT2D eigenvalue weighted by atomic mass is 36.0. The fourth-order valence-electron chi connectivity index (χ4n) is 4.40. The number of carboxylic acid groups (broad SMARTS) is 2. The lowest BCUT2D eigenvalue weighted by Gasteiger charge is -2.11. The number of aliphatic carboxylic acids is 2. The predicted octanol–water partition coefficient (Wildman–Crippen LogP) is 7.70. The topological polar surface area (TPSA) is 324 Å². The first-order chi connectivity index (χ1) is 32.2. The summed E-state index contributed by atoms with van der Waals surface area (Å²) in [5.74, 6) is -6.99. The molecule has 0 aromatic heterocycles. The lowest BCUT2D eigenvalue weighted by atomic mass is 10.3. The molecule has 2 aliphatic heterocycles. The summed E-state index contributed by atoms with van der Waals surface area (Å²) in [5.41, 5.74) is -1.14. The summed E-state index contributed by atoms with van der Waals surface area (Å²) in [4.78, 5) is 81.0. The molecule has 69 heavy (non-hydrogen) atoms. The van der Waals surface area contributed by atoms with Crippen LogP contribution in [0.15, 0.2) is 101 Å². The van der Waals surface area contributed by atoms with E-state index in [9.17, 15) is 54.0 Å². The number of aliphatic hydroxyl groups excluding tert-OH is 1. The summed E-state index contributed by atoms with van der Waals surface area (Å²) in [6.07, 6.45) is 6.19. The smallest absolute Gasteiger partial charge is 0.347 e. The number of fused-ring (bicyclic) bond motifs is 2. The summed E-state index contributed by atoms with van der Waals surface area (Å²) >= 11 is 3.52. The van der Waals surface area contributed by atoms with E-state index in [2.05, 4.69) is 45.8 Å². The minimum absolute atomic E-state index is 0. The third-order valence-electron chi connectivity index (χ3n) is 7.49. The number of esters is 5. The van der Waals surface area contributed by atoms with Gasteiger partial charge in [-0.2, -0.15) is 0 Å². The number of hydrogen-bond donors (Lipinski definition) is 7. The zero-order chi connectivity index (χ0) is 51.3. The monoisotopic (exact) mass is 1110 g/mol. The Morgan fingerprint density at radius 1 is 0.522 bits per heavy atom. The van der Waals surface area contributed by atoms with Gasteiger partial charge in [-0.25, -0.2) is 37.8 Å². The molecule has 0 unspecified atom stereocenters. The van der Waals surface area contributed by atoms with Crippen molar-refractivity contribution in [1.82, 2.24) is 0 Å². The number of thioether (sulfide) groups is 4. The van der Waals surface area contributed by atoms with Crippen molar-refractivity contribution < 1.29 is 98.6 Å². The van der Waals surface area contributed by atoms with E-state index in [0.717, 1.165) is 65.3 Å². The van der Waals surface area contributed by atoms with Crippen LogP contribution in [0.25, 0.3) is 0 Å². The molecule has 0 bridgehead atoms. The van der Waals surface area contributed by atoms with E-state index in [4.69, 9.17) is 38.5 Å². The Morgan fingerprint density at radius 3 is 1.01 bits per heavy atom. The zero-order valence-electron chi connectivity index (χ0n) is 35.4. The molecule has 2 aromatic carbocycles. The van der Waals surface area contributed by atoms with Gasteiger partial charge in [0, 0.05) is 47.6 Å². The Balaban J connectivity index is 0. The molecule has 0 atom stereocenters. The molecule has 2 heterocycles. The first kappa shape index (κ1) is 63.7. The van der Waals surface area contributed by atoms with E-state index >= 15 is 0 Å². The molecule has 4 rings (SSSR count). The number of halogens is 2. The van der Waals surface area contributed by atoms with E-state index in [1.54, 1.807) is 0 Å². The normalized spacial score (nSPS) is 11.4. The van der Waals surface area contributed by atoms with Crippen molar-refractivity contribution in [2.75, 3.05) is 39.6 Å². The third-order valence-corrected chi connectivity index (χ3v) is 12.8. The van der Waals surface area contributed by atoms with Gasteiger partial charge in [0.2, 0.25) is 9.23 Å². The SMILES string of the molecule is C.C=CC(=O)OCCCCO.C=CC(=O)OCCCCOC(=O)C(C(=O)OCCCCOC(=O)C=C)=C1Sc2c(O)ccc(O)c2S1.O=C(O)C(C(=O)O)=C1Sc2c(O)ccc(O)c2S1.O=S(Cl)Cl.[2HH]. The first-order valence-corrected chi connectivity index (χ1v) is 25.1. The maximum atomic E-state index is 12.8. The van der Waals surface area contributed by atoms with Crippen molar-refractivity contribution in [2.45, 2.75) is 65.5 Å².